The number of para-hydroxylation sites is 1. The molecular formula is C23H27BrN4O2. The highest BCUT2D eigenvalue weighted by Gasteiger charge is 2.50. The van der Waals surface area contributed by atoms with Crippen LogP contribution in [-0.4, -0.2) is 42.4 Å². The Morgan fingerprint density at radius 2 is 1.97 bits per heavy atom. The number of aryl methyl sites for hydroxylation is 1. The van der Waals surface area contributed by atoms with Crippen molar-refractivity contribution in [2.75, 3.05) is 30.0 Å². The molecule has 4 rings (SSSR count). The van der Waals surface area contributed by atoms with Crippen molar-refractivity contribution in [2.24, 2.45) is 11.8 Å². The minimum atomic E-state index is -0.323. The minimum Gasteiger partial charge on any atom is -0.326 e. The van der Waals surface area contributed by atoms with Crippen LogP contribution in [0.15, 0.2) is 53.0 Å². The van der Waals surface area contributed by atoms with Crippen LogP contribution >= 0.6 is 15.9 Å². The predicted molar refractivity (Wildman–Crippen MR) is 122 cm³/mol. The van der Waals surface area contributed by atoms with Gasteiger partial charge in [-0.1, -0.05) is 41.1 Å². The first-order valence-electron chi connectivity index (χ1n) is 10.4. The summed E-state index contributed by atoms with van der Waals surface area (Å²) in [6, 6.07) is 15.2. The highest BCUT2D eigenvalue weighted by molar-refractivity contribution is 9.10. The Labute approximate surface area is 185 Å². The van der Waals surface area contributed by atoms with Gasteiger partial charge >= 0.3 is 0 Å². The van der Waals surface area contributed by atoms with Crippen molar-refractivity contribution < 1.29 is 9.59 Å². The fraction of sp³-hybridized carbons (Fsp3) is 0.391. The number of carbonyl (C=O) groups is 2. The van der Waals surface area contributed by atoms with E-state index in [1.807, 2.05) is 55.5 Å². The van der Waals surface area contributed by atoms with E-state index < -0.39 is 0 Å². The lowest BCUT2D eigenvalue weighted by molar-refractivity contribution is -0.126. The highest BCUT2D eigenvalue weighted by Crippen LogP contribution is 2.33. The van der Waals surface area contributed by atoms with Crippen LogP contribution in [0.3, 0.4) is 0 Å². The highest BCUT2D eigenvalue weighted by atomic mass is 79.9. The van der Waals surface area contributed by atoms with Crippen molar-refractivity contribution in [1.29, 1.82) is 0 Å². The number of anilines is 2. The SMILES string of the molecule is CCCN1CC(C(=O)Nc2ccc(Br)cc2C)C2NN(c3ccccc3)C(=O)C2C1. The van der Waals surface area contributed by atoms with Gasteiger partial charge in [-0.2, -0.15) is 0 Å². The Balaban J connectivity index is 1.59. The van der Waals surface area contributed by atoms with Crippen LogP contribution in [0, 0.1) is 18.8 Å². The van der Waals surface area contributed by atoms with Crippen molar-refractivity contribution in [3.05, 3.63) is 58.6 Å². The molecule has 2 aromatic carbocycles. The molecule has 7 heteroatoms. The third-order valence-electron chi connectivity index (χ3n) is 5.93. The number of benzene rings is 2. The summed E-state index contributed by atoms with van der Waals surface area (Å²) in [6.07, 6.45) is 0.988. The predicted octanol–water partition coefficient (Wildman–Crippen LogP) is 3.57. The zero-order valence-electron chi connectivity index (χ0n) is 17.3. The second-order valence-corrected chi connectivity index (χ2v) is 9.00. The number of carbonyl (C=O) groups excluding carboxylic acids is 2. The van der Waals surface area contributed by atoms with E-state index in [0.29, 0.717) is 13.1 Å². The van der Waals surface area contributed by atoms with E-state index in [2.05, 4.69) is 38.5 Å². The molecule has 2 N–H and O–H groups in total. The molecule has 0 bridgehead atoms. The number of hydrogen-bond donors (Lipinski definition) is 2. The molecule has 2 saturated heterocycles. The van der Waals surface area contributed by atoms with E-state index in [9.17, 15) is 9.59 Å². The molecule has 3 atom stereocenters. The van der Waals surface area contributed by atoms with Crippen LogP contribution in [0.5, 0.6) is 0 Å². The average molecular weight is 471 g/mol. The fourth-order valence-electron chi connectivity index (χ4n) is 4.44. The number of amides is 2. The lowest BCUT2D eigenvalue weighted by atomic mass is 9.83. The second kappa shape index (κ2) is 8.88. The largest absolute Gasteiger partial charge is 0.326 e. The van der Waals surface area contributed by atoms with Crippen molar-refractivity contribution in [1.82, 2.24) is 10.3 Å². The van der Waals surface area contributed by atoms with Gasteiger partial charge in [-0.05, 0) is 55.8 Å². The molecule has 30 heavy (non-hydrogen) atoms. The zero-order valence-corrected chi connectivity index (χ0v) is 18.9. The molecule has 0 spiro atoms. The molecule has 2 aliphatic rings. The maximum Gasteiger partial charge on any atom is 0.247 e. The van der Waals surface area contributed by atoms with Crippen LogP contribution < -0.4 is 15.8 Å². The van der Waals surface area contributed by atoms with E-state index >= 15 is 0 Å². The second-order valence-electron chi connectivity index (χ2n) is 8.09. The van der Waals surface area contributed by atoms with Crippen molar-refractivity contribution >= 4 is 39.1 Å². The Bertz CT molecular complexity index is 936. The summed E-state index contributed by atoms with van der Waals surface area (Å²) >= 11 is 3.46. The first kappa shape index (κ1) is 21.0. The van der Waals surface area contributed by atoms with E-state index in [1.165, 1.54) is 0 Å². The topological polar surface area (TPSA) is 64.7 Å². The summed E-state index contributed by atoms with van der Waals surface area (Å²) in [4.78, 5) is 28.8. The summed E-state index contributed by atoms with van der Waals surface area (Å²) < 4.78 is 0.978. The Morgan fingerprint density at radius 3 is 2.67 bits per heavy atom. The molecule has 158 valence electrons. The first-order chi connectivity index (χ1) is 14.5. The molecular weight excluding hydrogens is 444 g/mol. The molecule has 0 aromatic heterocycles. The zero-order chi connectivity index (χ0) is 21.3. The summed E-state index contributed by atoms with van der Waals surface area (Å²) in [5, 5.41) is 4.72. The smallest absolute Gasteiger partial charge is 0.247 e. The number of hydrogen-bond acceptors (Lipinski definition) is 4. The number of halogens is 1. The summed E-state index contributed by atoms with van der Waals surface area (Å²) in [7, 11) is 0. The molecule has 0 saturated carbocycles. The summed E-state index contributed by atoms with van der Waals surface area (Å²) in [5.41, 5.74) is 5.96. The van der Waals surface area contributed by atoms with Gasteiger partial charge in [0, 0.05) is 23.2 Å². The molecule has 2 fully saturated rings. The van der Waals surface area contributed by atoms with Gasteiger partial charge in [-0.25, -0.2) is 10.4 Å². The Hall–Kier alpha value is -2.22. The molecule has 2 aliphatic heterocycles. The molecule has 2 amide bonds. The molecule has 0 aliphatic carbocycles. The fourth-order valence-corrected chi connectivity index (χ4v) is 4.92. The van der Waals surface area contributed by atoms with Crippen LogP contribution in [0.4, 0.5) is 11.4 Å². The first-order valence-corrected chi connectivity index (χ1v) is 11.2. The van der Waals surface area contributed by atoms with Gasteiger partial charge in [0.1, 0.15) is 0 Å². The quantitative estimate of drug-likeness (QED) is 0.700. The van der Waals surface area contributed by atoms with Gasteiger partial charge < -0.3 is 10.2 Å². The number of nitrogens with zero attached hydrogens (tertiary/aromatic N) is 2. The van der Waals surface area contributed by atoms with E-state index in [0.717, 1.165) is 34.4 Å². The van der Waals surface area contributed by atoms with Gasteiger partial charge in [-0.15, -0.1) is 0 Å². The van der Waals surface area contributed by atoms with Gasteiger partial charge in [0.15, 0.2) is 0 Å². The molecule has 6 nitrogen and oxygen atoms in total. The van der Waals surface area contributed by atoms with Crippen molar-refractivity contribution in [2.45, 2.75) is 26.3 Å². The van der Waals surface area contributed by atoms with Crippen LogP contribution in [0.1, 0.15) is 18.9 Å². The van der Waals surface area contributed by atoms with Gasteiger partial charge in [0.05, 0.1) is 23.6 Å². The van der Waals surface area contributed by atoms with Crippen LogP contribution in [-0.2, 0) is 9.59 Å². The molecule has 2 heterocycles. The lowest BCUT2D eigenvalue weighted by Gasteiger charge is -2.38. The molecule has 0 radical (unpaired) electrons. The van der Waals surface area contributed by atoms with Gasteiger partial charge in [-0.3, -0.25) is 9.59 Å². The third-order valence-corrected chi connectivity index (χ3v) is 6.42. The number of rotatable bonds is 5. The standard InChI is InChI=1S/C23H27BrN4O2/c1-3-11-27-13-18(22(29)25-20-10-9-16(24)12-15(20)2)21-19(14-27)23(30)28(26-21)17-7-5-4-6-8-17/h4-10,12,18-19,21,26H,3,11,13-14H2,1-2H3,(H,25,29). The normalized spacial score (nSPS) is 24.0. The van der Waals surface area contributed by atoms with Crippen molar-refractivity contribution in [3.8, 4) is 0 Å². The van der Waals surface area contributed by atoms with Crippen molar-refractivity contribution in [3.63, 3.8) is 0 Å². The number of piperidine rings is 1. The number of fused-ring (bicyclic) bond motifs is 1. The van der Waals surface area contributed by atoms with E-state index in [-0.39, 0.29) is 29.7 Å². The summed E-state index contributed by atoms with van der Waals surface area (Å²) in [6.45, 7) is 6.29. The molecule has 3 unspecified atom stereocenters. The third kappa shape index (κ3) is 4.15. The van der Waals surface area contributed by atoms with Crippen LogP contribution in [0.2, 0.25) is 0 Å². The lowest BCUT2D eigenvalue weighted by Crippen LogP contribution is -2.56. The molecule has 2 aromatic rings. The monoisotopic (exact) mass is 470 g/mol. The number of hydrazine groups is 1. The minimum absolute atomic E-state index is 0.0321. The van der Waals surface area contributed by atoms with E-state index in [1.54, 1.807) is 5.01 Å². The number of nitrogens with one attached hydrogen (secondary N) is 2. The maximum absolute atomic E-state index is 13.3. The van der Waals surface area contributed by atoms with E-state index in [4.69, 9.17) is 0 Å². The average Bonchev–Trinajstić information content (AvgIpc) is 3.07. The number of likely N-dealkylation sites (tertiary alicyclic amines) is 1. The van der Waals surface area contributed by atoms with Crippen LogP contribution in [0.25, 0.3) is 0 Å². The Kier molecular flexibility index (Phi) is 6.22. The summed E-state index contributed by atoms with van der Waals surface area (Å²) in [5.74, 6) is -0.584. The van der Waals surface area contributed by atoms with Gasteiger partial charge in [0.2, 0.25) is 11.8 Å². The maximum atomic E-state index is 13.3. The Morgan fingerprint density at radius 1 is 1.20 bits per heavy atom. The van der Waals surface area contributed by atoms with Gasteiger partial charge in [0.25, 0.3) is 0 Å².